The maximum absolute atomic E-state index is 12.4. The lowest BCUT2D eigenvalue weighted by Crippen LogP contribution is -2.43. The monoisotopic (exact) mass is 392 g/mol. The van der Waals surface area contributed by atoms with Crippen LogP contribution in [0.3, 0.4) is 0 Å². The van der Waals surface area contributed by atoms with Crippen LogP contribution >= 0.6 is 15.9 Å². The Hall–Kier alpha value is -1.63. The van der Waals surface area contributed by atoms with Crippen LogP contribution in [0.25, 0.3) is 0 Å². The van der Waals surface area contributed by atoms with Crippen LogP contribution in [0.2, 0.25) is 0 Å². The van der Waals surface area contributed by atoms with Crippen LogP contribution in [0.1, 0.15) is 27.9 Å². The number of furan rings is 1. The third-order valence-electron chi connectivity index (χ3n) is 4.12. The summed E-state index contributed by atoms with van der Waals surface area (Å²) >= 11 is 3.40. The highest BCUT2D eigenvalue weighted by Crippen LogP contribution is 2.23. The molecule has 1 atom stereocenters. The average Bonchev–Trinajstić information content (AvgIpc) is 3.02. The first-order valence-electron chi connectivity index (χ1n) is 8.05. The minimum Gasteiger partial charge on any atom is -0.465 e. The van der Waals surface area contributed by atoms with E-state index >= 15 is 0 Å². The number of halogens is 1. The van der Waals surface area contributed by atoms with Gasteiger partial charge in [-0.15, -0.1) is 0 Å². The first kappa shape index (κ1) is 17.2. The maximum Gasteiger partial charge on any atom is 0.251 e. The summed E-state index contributed by atoms with van der Waals surface area (Å²) < 4.78 is 12.1. The molecule has 0 radical (unpaired) electrons. The smallest absolute Gasteiger partial charge is 0.251 e. The lowest BCUT2D eigenvalue weighted by atomic mass is 10.1. The molecule has 24 heavy (non-hydrogen) atoms. The number of morpholine rings is 1. The van der Waals surface area contributed by atoms with E-state index in [2.05, 4.69) is 26.1 Å². The predicted octanol–water partition coefficient (Wildman–Crippen LogP) is 3.15. The van der Waals surface area contributed by atoms with E-state index in [1.807, 2.05) is 37.3 Å². The number of ether oxygens (including phenoxy) is 1. The molecule has 1 aromatic carbocycles. The lowest BCUT2D eigenvalue weighted by Gasteiger charge is -2.33. The van der Waals surface area contributed by atoms with Crippen molar-refractivity contribution in [3.05, 3.63) is 58.0 Å². The number of nitrogens with one attached hydrogen (secondary N) is 1. The molecular weight excluding hydrogens is 372 g/mol. The van der Waals surface area contributed by atoms with Gasteiger partial charge in [0.05, 0.1) is 19.3 Å². The van der Waals surface area contributed by atoms with Gasteiger partial charge >= 0.3 is 0 Å². The zero-order valence-electron chi connectivity index (χ0n) is 13.6. The number of nitrogens with zero attached hydrogens (tertiary/aromatic N) is 1. The Morgan fingerprint density at radius 1 is 1.29 bits per heavy atom. The summed E-state index contributed by atoms with van der Waals surface area (Å²) in [4.78, 5) is 14.7. The molecule has 0 saturated carbocycles. The predicted molar refractivity (Wildman–Crippen MR) is 95.1 cm³/mol. The Kier molecular flexibility index (Phi) is 5.71. The van der Waals surface area contributed by atoms with Gasteiger partial charge in [-0.2, -0.15) is 0 Å². The molecule has 5 nitrogen and oxygen atoms in total. The molecular formula is C18H21BrN2O3. The summed E-state index contributed by atoms with van der Waals surface area (Å²) in [5.74, 6) is 1.67. The van der Waals surface area contributed by atoms with Crippen molar-refractivity contribution in [1.29, 1.82) is 0 Å². The highest BCUT2D eigenvalue weighted by molar-refractivity contribution is 9.10. The summed E-state index contributed by atoms with van der Waals surface area (Å²) in [6.07, 6.45) is 0. The van der Waals surface area contributed by atoms with Crippen molar-refractivity contribution < 1.29 is 13.9 Å². The van der Waals surface area contributed by atoms with E-state index in [1.165, 1.54) is 0 Å². The third kappa shape index (κ3) is 4.26. The number of carbonyl (C=O) groups excluding carboxylic acids is 1. The van der Waals surface area contributed by atoms with Crippen molar-refractivity contribution in [1.82, 2.24) is 10.2 Å². The maximum atomic E-state index is 12.4. The van der Waals surface area contributed by atoms with Gasteiger partial charge in [0.2, 0.25) is 0 Å². The molecule has 2 aromatic rings. The highest BCUT2D eigenvalue weighted by Gasteiger charge is 2.25. The molecule has 2 heterocycles. The van der Waals surface area contributed by atoms with Crippen LogP contribution in [0.5, 0.6) is 0 Å². The van der Waals surface area contributed by atoms with E-state index in [-0.39, 0.29) is 11.9 Å². The highest BCUT2D eigenvalue weighted by atomic mass is 79.9. The third-order valence-corrected chi connectivity index (χ3v) is 4.61. The number of aryl methyl sites for hydroxylation is 1. The van der Waals surface area contributed by atoms with Crippen LogP contribution in [0.4, 0.5) is 0 Å². The van der Waals surface area contributed by atoms with Gasteiger partial charge in [0.1, 0.15) is 11.5 Å². The Balaban J connectivity index is 1.70. The minimum absolute atomic E-state index is 0.0127. The first-order valence-corrected chi connectivity index (χ1v) is 8.84. The molecule has 0 bridgehead atoms. The SMILES string of the molecule is Cc1ccc(C(CNC(=O)c2cccc(Br)c2)N2CCOCC2)o1. The number of benzene rings is 1. The van der Waals surface area contributed by atoms with E-state index in [0.29, 0.717) is 25.3 Å². The second-order valence-electron chi connectivity index (χ2n) is 5.83. The van der Waals surface area contributed by atoms with Crippen LogP contribution in [-0.2, 0) is 4.74 Å². The van der Waals surface area contributed by atoms with Crippen molar-refractivity contribution in [2.75, 3.05) is 32.8 Å². The normalized spacial score (nSPS) is 16.8. The second-order valence-corrected chi connectivity index (χ2v) is 6.75. The zero-order chi connectivity index (χ0) is 16.9. The Labute approximate surface area is 150 Å². The lowest BCUT2D eigenvalue weighted by molar-refractivity contribution is 0.0117. The van der Waals surface area contributed by atoms with Crippen LogP contribution in [0, 0.1) is 6.92 Å². The molecule has 1 unspecified atom stereocenters. The van der Waals surface area contributed by atoms with Crippen molar-refractivity contribution in [2.24, 2.45) is 0 Å². The number of rotatable bonds is 5. The van der Waals surface area contributed by atoms with Gasteiger partial charge in [-0.3, -0.25) is 9.69 Å². The van der Waals surface area contributed by atoms with Crippen molar-refractivity contribution in [2.45, 2.75) is 13.0 Å². The summed E-state index contributed by atoms with van der Waals surface area (Å²) in [5, 5.41) is 3.03. The summed E-state index contributed by atoms with van der Waals surface area (Å²) in [6.45, 7) is 5.50. The Morgan fingerprint density at radius 2 is 2.08 bits per heavy atom. The molecule has 1 aliphatic rings. The molecule has 0 spiro atoms. The average molecular weight is 393 g/mol. The summed E-state index contributed by atoms with van der Waals surface area (Å²) in [6, 6.07) is 11.3. The molecule has 6 heteroatoms. The fraction of sp³-hybridized carbons (Fsp3) is 0.389. The van der Waals surface area contributed by atoms with Crippen LogP contribution in [0.15, 0.2) is 45.3 Å². The largest absolute Gasteiger partial charge is 0.465 e. The molecule has 1 aromatic heterocycles. The Bertz CT molecular complexity index is 695. The van der Waals surface area contributed by atoms with Crippen molar-refractivity contribution in [3.8, 4) is 0 Å². The van der Waals surface area contributed by atoms with E-state index in [9.17, 15) is 4.79 Å². The molecule has 0 aliphatic carbocycles. The van der Waals surface area contributed by atoms with Gasteiger partial charge in [-0.1, -0.05) is 22.0 Å². The van der Waals surface area contributed by atoms with Crippen LogP contribution in [-0.4, -0.2) is 43.7 Å². The van der Waals surface area contributed by atoms with Gasteiger partial charge in [0.15, 0.2) is 0 Å². The second kappa shape index (κ2) is 7.96. The summed E-state index contributed by atoms with van der Waals surface area (Å²) in [5.41, 5.74) is 0.640. The Morgan fingerprint density at radius 3 is 2.75 bits per heavy atom. The van der Waals surface area contributed by atoms with E-state index in [4.69, 9.17) is 9.15 Å². The van der Waals surface area contributed by atoms with Gasteiger partial charge in [0, 0.05) is 29.7 Å². The molecule has 128 valence electrons. The van der Waals surface area contributed by atoms with Crippen molar-refractivity contribution >= 4 is 21.8 Å². The van der Waals surface area contributed by atoms with Gasteiger partial charge in [-0.25, -0.2) is 0 Å². The first-order chi connectivity index (χ1) is 11.6. The van der Waals surface area contributed by atoms with E-state index in [0.717, 1.165) is 29.1 Å². The van der Waals surface area contributed by atoms with Gasteiger partial charge in [0.25, 0.3) is 5.91 Å². The standard InChI is InChI=1S/C18H21BrN2O3/c1-13-5-6-17(24-13)16(21-7-9-23-10-8-21)12-20-18(22)14-3-2-4-15(19)11-14/h2-6,11,16H,7-10,12H2,1H3,(H,20,22). The van der Waals surface area contributed by atoms with Gasteiger partial charge in [-0.05, 0) is 37.3 Å². The molecule has 1 aliphatic heterocycles. The number of hydrogen-bond acceptors (Lipinski definition) is 4. The molecule has 1 N–H and O–H groups in total. The zero-order valence-corrected chi connectivity index (χ0v) is 15.2. The number of amides is 1. The number of carbonyl (C=O) groups is 1. The molecule has 1 saturated heterocycles. The minimum atomic E-state index is -0.0853. The van der Waals surface area contributed by atoms with Crippen LogP contribution < -0.4 is 5.32 Å². The van der Waals surface area contributed by atoms with Gasteiger partial charge < -0.3 is 14.5 Å². The fourth-order valence-electron chi connectivity index (χ4n) is 2.85. The summed E-state index contributed by atoms with van der Waals surface area (Å²) in [7, 11) is 0. The topological polar surface area (TPSA) is 54.7 Å². The quantitative estimate of drug-likeness (QED) is 0.848. The fourth-order valence-corrected chi connectivity index (χ4v) is 3.25. The molecule has 3 rings (SSSR count). The molecule has 1 amide bonds. The number of hydrogen-bond donors (Lipinski definition) is 1. The van der Waals surface area contributed by atoms with E-state index < -0.39 is 0 Å². The van der Waals surface area contributed by atoms with E-state index in [1.54, 1.807) is 6.07 Å². The molecule has 1 fully saturated rings. The van der Waals surface area contributed by atoms with Crippen molar-refractivity contribution in [3.63, 3.8) is 0 Å².